The molecule has 88 valence electrons. The van der Waals surface area contributed by atoms with Crippen LogP contribution < -0.4 is 10.6 Å². The highest BCUT2D eigenvalue weighted by molar-refractivity contribution is 6.33. The fourth-order valence-corrected chi connectivity index (χ4v) is 2.45. The first-order chi connectivity index (χ1) is 7.74. The minimum Gasteiger partial charge on any atom is -0.396 e. The number of hydrogen-bond donors (Lipinski definition) is 2. The van der Waals surface area contributed by atoms with E-state index >= 15 is 0 Å². The third-order valence-electron chi connectivity index (χ3n) is 3.18. The second-order valence-electron chi connectivity index (χ2n) is 4.20. The molecule has 1 aromatic carbocycles. The number of rotatable bonds is 2. The van der Waals surface area contributed by atoms with Crippen LogP contribution in [0.15, 0.2) is 18.2 Å². The van der Waals surface area contributed by atoms with E-state index in [0.29, 0.717) is 10.7 Å². The summed E-state index contributed by atoms with van der Waals surface area (Å²) in [5.41, 5.74) is 7.54. The number of aliphatic hydroxyl groups excluding tert-OH is 1. The normalized spacial score (nSPS) is 21.1. The lowest BCUT2D eigenvalue weighted by molar-refractivity contribution is 0.240. The first-order valence-electron chi connectivity index (χ1n) is 5.65. The molecule has 3 nitrogen and oxygen atoms in total. The van der Waals surface area contributed by atoms with Gasteiger partial charge in [0.2, 0.25) is 0 Å². The van der Waals surface area contributed by atoms with Crippen LogP contribution in [0.2, 0.25) is 5.02 Å². The highest BCUT2D eigenvalue weighted by atomic mass is 35.5. The van der Waals surface area contributed by atoms with Gasteiger partial charge in [0.25, 0.3) is 0 Å². The number of nitrogens with zero attached hydrogens (tertiary/aromatic N) is 1. The van der Waals surface area contributed by atoms with Crippen molar-refractivity contribution in [1.29, 1.82) is 0 Å². The lowest BCUT2D eigenvalue weighted by Crippen LogP contribution is -2.42. The van der Waals surface area contributed by atoms with Crippen LogP contribution in [0.4, 0.5) is 11.4 Å². The summed E-state index contributed by atoms with van der Waals surface area (Å²) >= 11 is 6.01. The second kappa shape index (κ2) is 4.93. The van der Waals surface area contributed by atoms with Crippen molar-refractivity contribution < 1.29 is 5.11 Å². The Morgan fingerprint density at radius 3 is 3.00 bits per heavy atom. The SMILES string of the molecule is Nc1c(Cl)cccc1N1CCCCC1CO. The van der Waals surface area contributed by atoms with Crippen LogP contribution in [0, 0.1) is 0 Å². The molecule has 0 amide bonds. The van der Waals surface area contributed by atoms with Crippen molar-refractivity contribution in [2.24, 2.45) is 0 Å². The van der Waals surface area contributed by atoms with E-state index in [1.54, 1.807) is 6.07 Å². The van der Waals surface area contributed by atoms with Crippen LogP contribution in [-0.2, 0) is 0 Å². The van der Waals surface area contributed by atoms with Gasteiger partial charge in [0.05, 0.1) is 29.0 Å². The Morgan fingerprint density at radius 1 is 1.44 bits per heavy atom. The average molecular weight is 241 g/mol. The maximum Gasteiger partial charge on any atom is 0.0741 e. The van der Waals surface area contributed by atoms with Crippen LogP contribution >= 0.6 is 11.6 Å². The average Bonchev–Trinajstić information content (AvgIpc) is 2.33. The molecule has 0 bridgehead atoms. The molecule has 0 radical (unpaired) electrons. The molecule has 4 heteroatoms. The summed E-state index contributed by atoms with van der Waals surface area (Å²) in [5, 5.41) is 9.95. The molecular weight excluding hydrogens is 224 g/mol. The van der Waals surface area contributed by atoms with Crippen LogP contribution in [0.3, 0.4) is 0 Å². The van der Waals surface area contributed by atoms with Crippen molar-refractivity contribution in [2.75, 3.05) is 23.8 Å². The molecule has 0 aliphatic carbocycles. The molecule has 1 aliphatic heterocycles. The van der Waals surface area contributed by atoms with Gasteiger partial charge >= 0.3 is 0 Å². The summed E-state index contributed by atoms with van der Waals surface area (Å²) in [5.74, 6) is 0. The lowest BCUT2D eigenvalue weighted by atomic mass is 10.0. The van der Waals surface area contributed by atoms with Gasteiger partial charge < -0.3 is 15.7 Å². The number of nitrogens with two attached hydrogens (primary N) is 1. The number of halogens is 1. The van der Waals surface area contributed by atoms with Crippen molar-refractivity contribution in [1.82, 2.24) is 0 Å². The van der Waals surface area contributed by atoms with E-state index in [0.717, 1.165) is 25.1 Å². The highest BCUT2D eigenvalue weighted by Gasteiger charge is 2.23. The largest absolute Gasteiger partial charge is 0.396 e. The number of aliphatic hydroxyl groups is 1. The lowest BCUT2D eigenvalue weighted by Gasteiger charge is -2.37. The topological polar surface area (TPSA) is 49.5 Å². The zero-order chi connectivity index (χ0) is 11.5. The minimum absolute atomic E-state index is 0.173. The molecule has 1 aliphatic rings. The van der Waals surface area contributed by atoms with Crippen molar-refractivity contribution in [3.63, 3.8) is 0 Å². The Morgan fingerprint density at radius 2 is 2.25 bits per heavy atom. The molecule has 2 rings (SSSR count). The third-order valence-corrected chi connectivity index (χ3v) is 3.51. The molecule has 1 unspecified atom stereocenters. The van der Waals surface area contributed by atoms with Crippen LogP contribution in [0.5, 0.6) is 0 Å². The Labute approximate surface area is 101 Å². The maximum absolute atomic E-state index is 9.37. The van der Waals surface area contributed by atoms with Gasteiger partial charge in [-0.25, -0.2) is 0 Å². The van der Waals surface area contributed by atoms with Gasteiger partial charge in [-0.3, -0.25) is 0 Å². The van der Waals surface area contributed by atoms with Crippen LogP contribution in [0.1, 0.15) is 19.3 Å². The van der Waals surface area contributed by atoms with Crippen molar-refractivity contribution >= 4 is 23.0 Å². The summed E-state index contributed by atoms with van der Waals surface area (Å²) < 4.78 is 0. The zero-order valence-corrected chi connectivity index (χ0v) is 9.95. The summed E-state index contributed by atoms with van der Waals surface area (Å²) in [7, 11) is 0. The van der Waals surface area contributed by atoms with Gasteiger partial charge in [-0.05, 0) is 31.4 Å². The summed E-state index contributed by atoms with van der Waals surface area (Å²) in [6.45, 7) is 1.11. The monoisotopic (exact) mass is 240 g/mol. The third kappa shape index (κ3) is 2.11. The molecule has 1 heterocycles. The van der Waals surface area contributed by atoms with Gasteiger partial charge in [0, 0.05) is 6.54 Å². The predicted octanol–water partition coefficient (Wildman–Crippen LogP) is 2.27. The van der Waals surface area contributed by atoms with Crippen molar-refractivity contribution in [3.8, 4) is 0 Å². The number of para-hydroxylation sites is 1. The van der Waals surface area contributed by atoms with E-state index in [1.807, 2.05) is 12.1 Å². The Balaban J connectivity index is 2.30. The van der Waals surface area contributed by atoms with Gasteiger partial charge in [0.15, 0.2) is 0 Å². The Kier molecular flexibility index (Phi) is 3.56. The molecule has 1 atom stereocenters. The van der Waals surface area contributed by atoms with Crippen LogP contribution in [-0.4, -0.2) is 24.3 Å². The standard InChI is InChI=1S/C12H17ClN2O/c13-10-5-3-6-11(12(10)14)15-7-2-1-4-9(15)8-16/h3,5-6,9,16H,1-2,4,7-8,14H2. The highest BCUT2D eigenvalue weighted by Crippen LogP contribution is 2.33. The minimum atomic E-state index is 0.173. The van der Waals surface area contributed by atoms with E-state index in [-0.39, 0.29) is 12.6 Å². The molecule has 0 aromatic heterocycles. The van der Waals surface area contributed by atoms with Crippen molar-refractivity contribution in [2.45, 2.75) is 25.3 Å². The molecule has 3 N–H and O–H groups in total. The Bertz CT molecular complexity index is 370. The van der Waals surface area contributed by atoms with Gasteiger partial charge in [-0.1, -0.05) is 17.7 Å². The number of piperidine rings is 1. The smallest absolute Gasteiger partial charge is 0.0741 e. The fraction of sp³-hybridized carbons (Fsp3) is 0.500. The van der Waals surface area contributed by atoms with E-state index < -0.39 is 0 Å². The summed E-state index contributed by atoms with van der Waals surface area (Å²) in [4.78, 5) is 2.17. The molecule has 0 saturated carbocycles. The van der Waals surface area contributed by atoms with E-state index in [1.165, 1.54) is 6.42 Å². The second-order valence-corrected chi connectivity index (χ2v) is 4.61. The van der Waals surface area contributed by atoms with E-state index in [4.69, 9.17) is 17.3 Å². The predicted molar refractivity (Wildman–Crippen MR) is 67.9 cm³/mol. The Hall–Kier alpha value is -0.930. The first-order valence-corrected chi connectivity index (χ1v) is 6.03. The number of hydrogen-bond acceptors (Lipinski definition) is 3. The van der Waals surface area contributed by atoms with E-state index in [2.05, 4.69) is 4.90 Å². The molecule has 0 spiro atoms. The van der Waals surface area contributed by atoms with E-state index in [9.17, 15) is 5.11 Å². The quantitative estimate of drug-likeness (QED) is 0.780. The molecule has 1 aromatic rings. The van der Waals surface area contributed by atoms with Crippen molar-refractivity contribution in [3.05, 3.63) is 23.2 Å². The van der Waals surface area contributed by atoms with Gasteiger partial charge in [-0.2, -0.15) is 0 Å². The maximum atomic E-state index is 9.37. The fourth-order valence-electron chi connectivity index (χ4n) is 2.28. The molecular formula is C12H17ClN2O. The molecule has 16 heavy (non-hydrogen) atoms. The first kappa shape index (κ1) is 11.6. The molecule has 1 saturated heterocycles. The molecule has 1 fully saturated rings. The summed E-state index contributed by atoms with van der Waals surface area (Å²) in [6, 6.07) is 5.83. The number of benzene rings is 1. The number of anilines is 2. The zero-order valence-electron chi connectivity index (χ0n) is 9.19. The van der Waals surface area contributed by atoms with Crippen LogP contribution in [0.25, 0.3) is 0 Å². The van der Waals surface area contributed by atoms with Gasteiger partial charge in [0.1, 0.15) is 0 Å². The number of nitrogen functional groups attached to an aromatic ring is 1. The summed E-state index contributed by atoms with van der Waals surface area (Å²) in [6.07, 6.45) is 3.33. The van der Waals surface area contributed by atoms with Gasteiger partial charge in [-0.15, -0.1) is 0 Å².